The van der Waals surface area contributed by atoms with Crippen LogP contribution in [-0.4, -0.2) is 93.1 Å². The third kappa shape index (κ3) is 15.6. The van der Waals surface area contributed by atoms with E-state index in [1.165, 1.54) is 62.7 Å². The molecule has 45 heavy (non-hydrogen) atoms. The van der Waals surface area contributed by atoms with Gasteiger partial charge in [-0.1, -0.05) is 67.1 Å². The predicted octanol–water partition coefficient (Wildman–Crippen LogP) is 7.50. The first-order valence-corrected chi connectivity index (χ1v) is 17.2. The third-order valence-corrected chi connectivity index (χ3v) is 8.61. The summed E-state index contributed by atoms with van der Waals surface area (Å²) in [4.78, 5) is 19.5. The van der Waals surface area contributed by atoms with Crippen LogP contribution in [0.1, 0.15) is 76.8 Å². The van der Waals surface area contributed by atoms with Crippen LogP contribution >= 0.6 is 0 Å². The van der Waals surface area contributed by atoms with Gasteiger partial charge in [-0.2, -0.15) is 0 Å². The molecule has 0 bridgehead atoms. The Morgan fingerprint density at radius 2 is 1.31 bits per heavy atom. The van der Waals surface area contributed by atoms with Crippen LogP contribution in [0.5, 0.6) is 0 Å². The number of piperidine rings is 2. The summed E-state index contributed by atoms with van der Waals surface area (Å²) in [6, 6.07) is 21.4. The highest BCUT2D eigenvalue weighted by molar-refractivity contribution is 5.68. The number of amides is 1. The van der Waals surface area contributed by atoms with E-state index in [1.807, 2.05) is 25.7 Å². The van der Waals surface area contributed by atoms with E-state index < -0.39 is 5.60 Å². The number of rotatable bonds is 14. The molecular formula is C38H61N3O4. The summed E-state index contributed by atoms with van der Waals surface area (Å²) >= 11 is 0. The van der Waals surface area contributed by atoms with Crippen molar-refractivity contribution in [3.8, 4) is 0 Å². The molecule has 2 saturated heterocycles. The first kappa shape index (κ1) is 37.0. The van der Waals surface area contributed by atoms with E-state index in [0.29, 0.717) is 19.1 Å². The summed E-state index contributed by atoms with van der Waals surface area (Å²) in [6.45, 7) is 15.2. The molecule has 2 aromatic rings. The van der Waals surface area contributed by atoms with Gasteiger partial charge in [0.1, 0.15) is 5.60 Å². The molecule has 1 amide bonds. The lowest BCUT2D eigenvalue weighted by Crippen LogP contribution is -2.45. The van der Waals surface area contributed by atoms with Crippen molar-refractivity contribution in [3.63, 3.8) is 0 Å². The van der Waals surface area contributed by atoms with Crippen molar-refractivity contribution in [2.24, 2.45) is 11.8 Å². The van der Waals surface area contributed by atoms with Crippen molar-refractivity contribution in [1.82, 2.24) is 14.7 Å². The van der Waals surface area contributed by atoms with Crippen LogP contribution in [0.2, 0.25) is 0 Å². The molecule has 0 saturated carbocycles. The summed E-state index contributed by atoms with van der Waals surface area (Å²) < 4.78 is 15.9. The molecule has 7 heteroatoms. The maximum Gasteiger partial charge on any atom is 0.410 e. The van der Waals surface area contributed by atoms with Crippen molar-refractivity contribution in [1.29, 1.82) is 0 Å². The highest BCUT2D eigenvalue weighted by Crippen LogP contribution is 2.23. The Morgan fingerprint density at radius 3 is 1.84 bits per heavy atom. The normalized spacial score (nSPS) is 19.4. The van der Waals surface area contributed by atoms with Gasteiger partial charge in [0.2, 0.25) is 0 Å². The maximum absolute atomic E-state index is 12.5. The minimum absolute atomic E-state index is 0.241. The Balaban J connectivity index is 0.000000257. The van der Waals surface area contributed by atoms with Crippen LogP contribution < -0.4 is 0 Å². The molecule has 2 unspecified atom stereocenters. The number of likely N-dealkylation sites (tertiary alicyclic amines) is 2. The molecule has 2 fully saturated rings. The number of unbranched alkanes of at least 4 members (excludes halogenated alkanes) is 1. The van der Waals surface area contributed by atoms with Crippen molar-refractivity contribution < 1.29 is 19.0 Å². The topological polar surface area (TPSA) is 54.5 Å². The zero-order chi connectivity index (χ0) is 32.3. The number of methoxy groups -OCH3 is 2. The largest absolute Gasteiger partial charge is 0.444 e. The minimum Gasteiger partial charge on any atom is -0.444 e. The minimum atomic E-state index is -0.478. The van der Waals surface area contributed by atoms with E-state index in [9.17, 15) is 4.79 Å². The highest BCUT2D eigenvalue weighted by atomic mass is 16.6. The van der Waals surface area contributed by atoms with E-state index >= 15 is 0 Å². The molecule has 0 N–H and O–H groups in total. The number of ether oxygens (including phenoxy) is 3. The van der Waals surface area contributed by atoms with Crippen LogP contribution in [0.25, 0.3) is 0 Å². The second-order valence-corrected chi connectivity index (χ2v) is 13.9. The summed E-state index contributed by atoms with van der Waals surface area (Å²) in [5, 5.41) is 0. The number of hydrogen-bond acceptors (Lipinski definition) is 6. The molecule has 0 spiro atoms. The fourth-order valence-corrected chi connectivity index (χ4v) is 6.43. The molecule has 0 aromatic heterocycles. The monoisotopic (exact) mass is 623 g/mol. The molecule has 0 aliphatic carbocycles. The highest BCUT2D eigenvalue weighted by Gasteiger charge is 2.27. The molecule has 0 radical (unpaired) electrons. The Kier molecular flexibility index (Phi) is 17.0. The van der Waals surface area contributed by atoms with Gasteiger partial charge in [-0.25, -0.2) is 4.79 Å². The van der Waals surface area contributed by atoms with Gasteiger partial charge in [0.25, 0.3) is 0 Å². The molecule has 2 aliphatic heterocycles. The zero-order valence-corrected chi connectivity index (χ0v) is 28.9. The molecule has 7 nitrogen and oxygen atoms in total. The fourth-order valence-electron chi connectivity index (χ4n) is 6.43. The number of hydrogen-bond donors (Lipinski definition) is 0. The van der Waals surface area contributed by atoms with Crippen molar-refractivity contribution in [2.75, 3.05) is 66.7 Å². The average Bonchev–Trinajstić information content (AvgIpc) is 3.02. The summed E-state index contributed by atoms with van der Waals surface area (Å²) in [6.07, 6.45) is 8.76. The number of carbonyl (C=O) groups excluding carboxylic acids is 1. The molecule has 2 aromatic carbocycles. The smallest absolute Gasteiger partial charge is 0.410 e. The van der Waals surface area contributed by atoms with E-state index in [1.54, 1.807) is 14.2 Å². The zero-order valence-electron chi connectivity index (χ0n) is 28.9. The summed E-state index contributed by atoms with van der Waals surface area (Å²) in [5.41, 5.74) is 2.31. The van der Waals surface area contributed by atoms with Gasteiger partial charge in [-0.3, -0.25) is 9.80 Å². The van der Waals surface area contributed by atoms with Gasteiger partial charge in [-0.15, -0.1) is 0 Å². The van der Waals surface area contributed by atoms with Crippen LogP contribution in [0.15, 0.2) is 60.7 Å². The van der Waals surface area contributed by atoms with Crippen LogP contribution in [-0.2, 0) is 27.3 Å². The van der Waals surface area contributed by atoms with Gasteiger partial charge < -0.3 is 19.1 Å². The van der Waals surface area contributed by atoms with E-state index in [2.05, 4.69) is 70.5 Å². The standard InChI is InChI=1S/C21H34N2O3.C17H27NO/c1-21(2,3)26-20(24)23(13-14-25-4)17-19-11-8-12-22(16-19)15-18-9-6-5-7-10-18;1-19-13-6-5-10-17-11-7-12-18(15-17)14-16-8-3-2-4-9-16/h5-7,9-10,19H,8,11-17H2,1-4H3;2-4,8-9,17H,5-7,10-15H2,1H3. The van der Waals surface area contributed by atoms with Crippen molar-refractivity contribution in [3.05, 3.63) is 71.8 Å². The lowest BCUT2D eigenvalue weighted by molar-refractivity contribution is 0.0133. The SMILES string of the molecule is COCCCCC1CCCN(Cc2ccccc2)C1.COCCN(CC1CCCN(Cc2ccccc2)C1)C(=O)OC(C)(C)C. The van der Waals surface area contributed by atoms with Gasteiger partial charge in [0.15, 0.2) is 0 Å². The molecule has 2 atom stereocenters. The first-order chi connectivity index (χ1) is 21.8. The Bertz CT molecular complexity index is 1050. The predicted molar refractivity (Wildman–Crippen MR) is 184 cm³/mol. The van der Waals surface area contributed by atoms with Gasteiger partial charge in [0.05, 0.1) is 6.61 Å². The molecular weight excluding hydrogens is 562 g/mol. The lowest BCUT2D eigenvalue weighted by Gasteiger charge is -2.36. The van der Waals surface area contributed by atoms with Crippen molar-refractivity contribution in [2.45, 2.75) is 84.4 Å². The van der Waals surface area contributed by atoms with Crippen LogP contribution in [0.4, 0.5) is 4.79 Å². The quantitative estimate of drug-likeness (QED) is 0.203. The molecule has 2 heterocycles. The van der Waals surface area contributed by atoms with E-state index in [4.69, 9.17) is 14.2 Å². The molecule has 4 rings (SSSR count). The Labute approximate surface area is 274 Å². The average molecular weight is 624 g/mol. The third-order valence-electron chi connectivity index (χ3n) is 8.61. The van der Waals surface area contributed by atoms with E-state index in [0.717, 1.165) is 51.7 Å². The summed E-state index contributed by atoms with van der Waals surface area (Å²) in [7, 11) is 3.46. The fraction of sp³-hybridized carbons (Fsp3) is 0.658. The van der Waals surface area contributed by atoms with Gasteiger partial charge >= 0.3 is 6.09 Å². The molecule has 252 valence electrons. The lowest BCUT2D eigenvalue weighted by atomic mass is 9.92. The Hall–Kier alpha value is -2.45. The number of nitrogens with zero attached hydrogens (tertiary/aromatic N) is 3. The second-order valence-electron chi connectivity index (χ2n) is 13.9. The molecule has 2 aliphatic rings. The second kappa shape index (κ2) is 20.6. The van der Waals surface area contributed by atoms with E-state index in [-0.39, 0.29) is 6.09 Å². The maximum atomic E-state index is 12.5. The van der Waals surface area contributed by atoms with Crippen LogP contribution in [0.3, 0.4) is 0 Å². The van der Waals surface area contributed by atoms with Crippen LogP contribution in [0, 0.1) is 11.8 Å². The summed E-state index contributed by atoms with van der Waals surface area (Å²) in [5.74, 6) is 1.37. The van der Waals surface area contributed by atoms with Gasteiger partial charge in [-0.05, 0) is 95.3 Å². The van der Waals surface area contributed by atoms with Gasteiger partial charge in [0, 0.05) is 60.1 Å². The number of carbonyl (C=O) groups is 1. The first-order valence-electron chi connectivity index (χ1n) is 17.2. The number of benzene rings is 2. The van der Waals surface area contributed by atoms with Crippen molar-refractivity contribution >= 4 is 6.09 Å². The Morgan fingerprint density at radius 1 is 0.778 bits per heavy atom.